The number of nitro groups is 1. The molecule has 1 aromatic carbocycles. The van der Waals surface area contributed by atoms with Gasteiger partial charge in [0.05, 0.1) is 9.82 Å². The molecule has 1 aliphatic heterocycles. The van der Waals surface area contributed by atoms with Crippen molar-refractivity contribution in [1.82, 2.24) is 0 Å². The van der Waals surface area contributed by atoms with Crippen LogP contribution >= 0.6 is 11.8 Å². The van der Waals surface area contributed by atoms with E-state index in [-0.39, 0.29) is 23.0 Å². The molecule has 1 unspecified atom stereocenters. The Labute approximate surface area is 137 Å². The number of sulfonamides is 1. The highest BCUT2D eigenvalue weighted by Gasteiger charge is 2.36. The molecule has 9 nitrogen and oxygen atoms in total. The Morgan fingerprint density at radius 3 is 2.65 bits per heavy atom. The van der Waals surface area contributed by atoms with Gasteiger partial charge in [-0.3, -0.25) is 10.1 Å². The summed E-state index contributed by atoms with van der Waals surface area (Å²) in [5.74, 6) is 0.491. The highest BCUT2D eigenvalue weighted by atomic mass is 32.2. The second kappa shape index (κ2) is 6.24. The average Bonchev–Trinajstić information content (AvgIpc) is 2.43. The van der Waals surface area contributed by atoms with E-state index in [1.807, 2.05) is 0 Å². The minimum atomic E-state index is -4.05. The van der Waals surface area contributed by atoms with E-state index in [2.05, 4.69) is 0 Å². The Kier molecular flexibility index (Phi) is 4.87. The number of aliphatic hydroxyl groups is 2. The lowest BCUT2D eigenvalue weighted by Gasteiger charge is -2.37. The largest absolute Gasteiger partial charge is 0.366 e. The highest BCUT2D eigenvalue weighted by Crippen LogP contribution is 2.38. The van der Waals surface area contributed by atoms with Crippen LogP contribution in [0.2, 0.25) is 0 Å². The standard InChI is InChI=1S/C12H17N3O6S2/c1-14(8-4-5-22-12(16,17)7-8)10-3-2-9(23(13,20)21)6-11(10)15(18)19/h2-3,6,8,16-17H,4-5,7H2,1H3,(H2,13,20,21). The zero-order valence-electron chi connectivity index (χ0n) is 12.2. The van der Waals surface area contributed by atoms with Gasteiger partial charge < -0.3 is 15.1 Å². The third kappa shape index (κ3) is 4.12. The van der Waals surface area contributed by atoms with E-state index in [0.29, 0.717) is 12.2 Å². The van der Waals surface area contributed by atoms with Gasteiger partial charge in [0.15, 0.2) is 0 Å². The van der Waals surface area contributed by atoms with Crippen LogP contribution in [0.4, 0.5) is 11.4 Å². The number of hydrogen-bond donors (Lipinski definition) is 3. The molecule has 0 radical (unpaired) electrons. The Balaban J connectivity index is 2.40. The SMILES string of the molecule is CN(c1ccc(S(N)(=O)=O)cc1[N+](=O)[O-])C1CCSC(O)(O)C1. The lowest BCUT2D eigenvalue weighted by molar-refractivity contribution is -0.384. The van der Waals surface area contributed by atoms with Crippen LogP contribution in [0, 0.1) is 10.1 Å². The summed E-state index contributed by atoms with van der Waals surface area (Å²) in [5.41, 5.74) is -0.214. The number of hydrogen-bond acceptors (Lipinski definition) is 8. The highest BCUT2D eigenvalue weighted by molar-refractivity contribution is 8.00. The van der Waals surface area contributed by atoms with Crippen LogP contribution in [-0.4, -0.2) is 47.5 Å². The quantitative estimate of drug-likeness (QED) is 0.391. The fourth-order valence-electron chi connectivity index (χ4n) is 2.48. The first kappa shape index (κ1) is 17.9. The topological polar surface area (TPSA) is 147 Å². The van der Waals surface area contributed by atoms with Crippen molar-refractivity contribution in [3.8, 4) is 0 Å². The second-order valence-corrected chi connectivity index (χ2v) is 8.21. The number of nitro benzene ring substituents is 1. The molecule has 1 atom stereocenters. The molecule has 128 valence electrons. The van der Waals surface area contributed by atoms with Gasteiger partial charge in [-0.25, -0.2) is 13.6 Å². The molecule has 2 rings (SSSR count). The molecule has 1 saturated heterocycles. The van der Waals surface area contributed by atoms with Crippen molar-refractivity contribution in [3.63, 3.8) is 0 Å². The molecule has 1 aliphatic rings. The summed E-state index contributed by atoms with van der Waals surface area (Å²) in [6.07, 6.45) is 0.625. The van der Waals surface area contributed by atoms with Crippen molar-refractivity contribution in [2.45, 2.75) is 28.9 Å². The van der Waals surface area contributed by atoms with Crippen LogP contribution in [0.1, 0.15) is 12.8 Å². The van der Waals surface area contributed by atoms with Gasteiger partial charge in [0.25, 0.3) is 5.69 Å². The van der Waals surface area contributed by atoms with E-state index in [9.17, 15) is 28.7 Å². The minimum absolute atomic E-state index is 0.0161. The average molecular weight is 363 g/mol. The first-order valence-electron chi connectivity index (χ1n) is 6.64. The Hall–Kier alpha value is -1.40. The summed E-state index contributed by atoms with van der Waals surface area (Å²) in [6, 6.07) is 3.07. The van der Waals surface area contributed by atoms with Gasteiger partial charge in [0, 0.05) is 31.3 Å². The number of primary sulfonamides is 1. The molecule has 11 heteroatoms. The van der Waals surface area contributed by atoms with Crippen molar-refractivity contribution in [1.29, 1.82) is 0 Å². The lowest BCUT2D eigenvalue weighted by atomic mass is 10.1. The number of anilines is 1. The lowest BCUT2D eigenvalue weighted by Crippen LogP contribution is -2.43. The van der Waals surface area contributed by atoms with Crippen LogP contribution < -0.4 is 10.0 Å². The number of thioether (sulfide) groups is 1. The summed E-state index contributed by atoms with van der Waals surface area (Å²) in [6.45, 7) is 0. The van der Waals surface area contributed by atoms with Crippen molar-refractivity contribution < 1.29 is 23.6 Å². The zero-order chi connectivity index (χ0) is 17.4. The van der Waals surface area contributed by atoms with E-state index in [4.69, 9.17) is 5.14 Å². The van der Waals surface area contributed by atoms with E-state index in [1.54, 1.807) is 11.9 Å². The fourth-order valence-corrected chi connectivity index (χ4v) is 4.04. The van der Waals surface area contributed by atoms with E-state index in [1.165, 1.54) is 12.1 Å². The summed E-state index contributed by atoms with van der Waals surface area (Å²) in [5, 5.41) is 33.8. The molecule has 0 bridgehead atoms. The first-order chi connectivity index (χ1) is 10.5. The molecule has 0 aliphatic carbocycles. The first-order valence-corrected chi connectivity index (χ1v) is 9.17. The molecule has 23 heavy (non-hydrogen) atoms. The van der Waals surface area contributed by atoms with Crippen LogP contribution in [0.15, 0.2) is 23.1 Å². The number of benzene rings is 1. The van der Waals surface area contributed by atoms with Crippen LogP contribution in [0.5, 0.6) is 0 Å². The third-order valence-corrected chi connectivity index (χ3v) is 5.67. The Bertz CT molecular complexity index is 722. The van der Waals surface area contributed by atoms with Crippen LogP contribution in [0.3, 0.4) is 0 Å². The van der Waals surface area contributed by atoms with Gasteiger partial charge in [0.1, 0.15) is 5.69 Å². The molecular formula is C12H17N3O6S2. The maximum Gasteiger partial charge on any atom is 0.293 e. The van der Waals surface area contributed by atoms with Crippen LogP contribution in [-0.2, 0) is 10.0 Å². The molecule has 1 fully saturated rings. The third-order valence-electron chi connectivity index (χ3n) is 3.69. The van der Waals surface area contributed by atoms with E-state index < -0.39 is 25.8 Å². The van der Waals surface area contributed by atoms with E-state index in [0.717, 1.165) is 17.8 Å². The molecule has 1 heterocycles. The van der Waals surface area contributed by atoms with Gasteiger partial charge in [-0.05, 0) is 18.6 Å². The van der Waals surface area contributed by atoms with Gasteiger partial charge in [-0.2, -0.15) is 0 Å². The molecular weight excluding hydrogens is 346 g/mol. The normalized spacial score (nSPS) is 21.0. The molecule has 1 aromatic rings. The summed E-state index contributed by atoms with van der Waals surface area (Å²) in [7, 11) is -2.46. The predicted octanol–water partition coefficient (Wildman–Crippen LogP) is 0.212. The maximum atomic E-state index is 11.3. The van der Waals surface area contributed by atoms with Gasteiger partial charge in [-0.15, -0.1) is 0 Å². The van der Waals surface area contributed by atoms with Gasteiger partial charge >= 0.3 is 0 Å². The van der Waals surface area contributed by atoms with Gasteiger partial charge in [-0.1, -0.05) is 11.8 Å². The Morgan fingerprint density at radius 1 is 1.48 bits per heavy atom. The smallest absolute Gasteiger partial charge is 0.293 e. The number of nitrogens with two attached hydrogens (primary N) is 1. The molecule has 0 spiro atoms. The number of nitrogens with zero attached hydrogens (tertiary/aromatic N) is 2. The molecule has 0 saturated carbocycles. The summed E-state index contributed by atoms with van der Waals surface area (Å²) < 4.78 is 22.7. The molecule has 0 aromatic heterocycles. The van der Waals surface area contributed by atoms with Crippen LogP contribution in [0.25, 0.3) is 0 Å². The van der Waals surface area contributed by atoms with Crippen molar-refractivity contribution in [2.75, 3.05) is 17.7 Å². The monoisotopic (exact) mass is 363 g/mol. The summed E-state index contributed by atoms with van der Waals surface area (Å²) in [4.78, 5) is 11.8. The number of rotatable bonds is 4. The van der Waals surface area contributed by atoms with E-state index >= 15 is 0 Å². The predicted molar refractivity (Wildman–Crippen MR) is 85.5 cm³/mol. The zero-order valence-corrected chi connectivity index (χ0v) is 13.9. The molecule has 0 amide bonds. The maximum absolute atomic E-state index is 11.3. The fraction of sp³-hybridized carbons (Fsp3) is 0.500. The van der Waals surface area contributed by atoms with Gasteiger partial charge in [0.2, 0.25) is 15.1 Å². The van der Waals surface area contributed by atoms with Crippen molar-refractivity contribution in [3.05, 3.63) is 28.3 Å². The minimum Gasteiger partial charge on any atom is -0.366 e. The summed E-state index contributed by atoms with van der Waals surface area (Å²) >= 11 is 1.01. The Morgan fingerprint density at radius 2 is 2.13 bits per heavy atom. The second-order valence-electron chi connectivity index (χ2n) is 5.30. The molecule has 4 N–H and O–H groups in total. The van der Waals surface area contributed by atoms with Crippen molar-refractivity contribution >= 4 is 33.2 Å². The van der Waals surface area contributed by atoms with Crippen molar-refractivity contribution in [2.24, 2.45) is 5.14 Å².